The van der Waals surface area contributed by atoms with Gasteiger partial charge < -0.3 is 0 Å². The zero-order valence-electron chi connectivity index (χ0n) is 10.8. The lowest BCUT2D eigenvalue weighted by Crippen LogP contribution is -2.17. The smallest absolute Gasteiger partial charge is 0.161 e. The van der Waals surface area contributed by atoms with Crippen molar-refractivity contribution >= 4 is 11.4 Å². The number of hydrogen-bond donors (Lipinski definition) is 0. The highest BCUT2D eigenvalue weighted by Gasteiger charge is 2.18. The normalized spacial score (nSPS) is 12.7. The summed E-state index contributed by atoms with van der Waals surface area (Å²) < 4.78 is 0. The molecule has 0 aromatic heterocycles. The van der Waals surface area contributed by atoms with Gasteiger partial charge in [0, 0.05) is 5.41 Å². The molecule has 1 heteroatoms. The third-order valence-electron chi connectivity index (χ3n) is 2.59. The molecule has 0 atom stereocenters. The van der Waals surface area contributed by atoms with E-state index in [2.05, 4.69) is 31.2 Å². The van der Waals surface area contributed by atoms with E-state index in [4.69, 9.17) is 0 Å². The molecule has 0 spiro atoms. The fourth-order valence-corrected chi connectivity index (χ4v) is 1.31. The van der Waals surface area contributed by atoms with Crippen LogP contribution in [0.1, 0.15) is 38.8 Å². The Morgan fingerprint density at radius 2 is 1.62 bits per heavy atom. The number of rotatable bonds is 2. The number of hydrogen-bond acceptors (Lipinski definition) is 1. The van der Waals surface area contributed by atoms with E-state index in [1.54, 1.807) is 6.08 Å². The maximum Gasteiger partial charge on any atom is 0.161 e. The van der Waals surface area contributed by atoms with Crippen LogP contribution in [-0.2, 0) is 4.79 Å². The van der Waals surface area contributed by atoms with E-state index in [1.165, 1.54) is 5.56 Å². The molecule has 86 valence electrons. The molecule has 1 nitrogen and oxygen atoms in total. The molecule has 1 aromatic carbocycles. The summed E-state index contributed by atoms with van der Waals surface area (Å²) in [5.41, 5.74) is 3.08. The van der Waals surface area contributed by atoms with Crippen LogP contribution in [0.3, 0.4) is 0 Å². The van der Waals surface area contributed by atoms with Crippen molar-refractivity contribution in [1.82, 2.24) is 0 Å². The quantitative estimate of drug-likeness (QED) is 0.682. The molecule has 0 radical (unpaired) electrons. The van der Waals surface area contributed by atoms with E-state index in [-0.39, 0.29) is 11.2 Å². The second-order valence-corrected chi connectivity index (χ2v) is 5.31. The van der Waals surface area contributed by atoms with Crippen LogP contribution in [0.4, 0.5) is 0 Å². The first-order valence-corrected chi connectivity index (χ1v) is 5.60. The minimum Gasteiger partial charge on any atom is -0.294 e. The van der Waals surface area contributed by atoms with Gasteiger partial charge in [0.25, 0.3) is 0 Å². The number of carbonyl (C=O) groups excluding carboxylic acids is 1. The van der Waals surface area contributed by atoms with Crippen molar-refractivity contribution in [2.45, 2.75) is 34.6 Å². The molecule has 0 aliphatic rings. The predicted molar refractivity (Wildman–Crippen MR) is 69.3 cm³/mol. The average Bonchev–Trinajstić information content (AvgIpc) is 2.17. The highest BCUT2D eigenvalue weighted by Crippen LogP contribution is 2.20. The lowest BCUT2D eigenvalue weighted by Gasteiger charge is -2.14. The largest absolute Gasteiger partial charge is 0.294 e. The molecule has 1 aromatic rings. The van der Waals surface area contributed by atoms with Crippen LogP contribution >= 0.6 is 0 Å². The Hall–Kier alpha value is -1.37. The molecule has 0 bridgehead atoms. The summed E-state index contributed by atoms with van der Waals surface area (Å²) in [6.45, 7) is 9.86. The van der Waals surface area contributed by atoms with Crippen molar-refractivity contribution in [3.8, 4) is 0 Å². The Kier molecular flexibility index (Phi) is 3.69. The number of ketones is 1. The van der Waals surface area contributed by atoms with Crippen molar-refractivity contribution in [2.24, 2.45) is 5.41 Å². The van der Waals surface area contributed by atoms with Crippen LogP contribution in [0.15, 0.2) is 30.3 Å². The van der Waals surface area contributed by atoms with Crippen LogP contribution in [0.25, 0.3) is 5.57 Å². The number of aryl methyl sites for hydroxylation is 1. The minimum atomic E-state index is -0.300. The van der Waals surface area contributed by atoms with E-state index < -0.39 is 0 Å². The molecule has 0 aliphatic heterocycles. The SMILES string of the molecule is C/C(=C\C(=O)C(C)(C)C)c1ccc(C)cc1. The third-order valence-corrected chi connectivity index (χ3v) is 2.59. The van der Waals surface area contributed by atoms with Crippen molar-refractivity contribution in [2.75, 3.05) is 0 Å². The fraction of sp³-hybridized carbons (Fsp3) is 0.400. The highest BCUT2D eigenvalue weighted by molar-refractivity contribution is 5.99. The molecule has 0 unspecified atom stereocenters. The first-order valence-electron chi connectivity index (χ1n) is 5.60. The molecule has 0 amide bonds. The summed E-state index contributed by atoms with van der Waals surface area (Å²) in [4.78, 5) is 11.8. The Bertz CT molecular complexity index is 402. The van der Waals surface area contributed by atoms with Crippen LogP contribution < -0.4 is 0 Å². The van der Waals surface area contributed by atoms with E-state index in [1.807, 2.05) is 27.7 Å². The van der Waals surface area contributed by atoms with Crippen LogP contribution in [0.2, 0.25) is 0 Å². The van der Waals surface area contributed by atoms with Gasteiger partial charge in [0.05, 0.1) is 0 Å². The van der Waals surface area contributed by atoms with E-state index in [0.717, 1.165) is 11.1 Å². The van der Waals surface area contributed by atoms with Gasteiger partial charge in [-0.25, -0.2) is 0 Å². The van der Waals surface area contributed by atoms with Gasteiger partial charge in [0.1, 0.15) is 0 Å². The van der Waals surface area contributed by atoms with Gasteiger partial charge in [-0.15, -0.1) is 0 Å². The first-order chi connectivity index (χ1) is 7.30. The molecule has 0 aliphatic carbocycles. The lowest BCUT2D eigenvalue weighted by molar-refractivity contribution is -0.121. The summed E-state index contributed by atoms with van der Waals surface area (Å²) in [7, 11) is 0. The summed E-state index contributed by atoms with van der Waals surface area (Å²) >= 11 is 0. The second-order valence-electron chi connectivity index (χ2n) is 5.31. The van der Waals surface area contributed by atoms with E-state index in [9.17, 15) is 4.79 Å². The summed E-state index contributed by atoms with van der Waals surface area (Å²) in [6.07, 6.45) is 1.74. The van der Waals surface area contributed by atoms with Gasteiger partial charge in [-0.1, -0.05) is 50.6 Å². The molecule has 16 heavy (non-hydrogen) atoms. The van der Waals surface area contributed by atoms with Gasteiger partial charge in [-0.3, -0.25) is 4.79 Å². The highest BCUT2D eigenvalue weighted by atomic mass is 16.1. The van der Waals surface area contributed by atoms with Crippen LogP contribution in [-0.4, -0.2) is 5.78 Å². The Morgan fingerprint density at radius 3 is 2.06 bits per heavy atom. The lowest BCUT2D eigenvalue weighted by atomic mass is 9.89. The molecule has 1 rings (SSSR count). The van der Waals surface area contributed by atoms with Crippen molar-refractivity contribution in [1.29, 1.82) is 0 Å². The third kappa shape index (κ3) is 3.34. The summed E-state index contributed by atoms with van der Waals surface area (Å²) in [5.74, 6) is 0.172. The zero-order valence-corrected chi connectivity index (χ0v) is 10.8. The van der Waals surface area contributed by atoms with Crippen LogP contribution in [0.5, 0.6) is 0 Å². The van der Waals surface area contributed by atoms with Gasteiger partial charge in [-0.05, 0) is 31.1 Å². The van der Waals surface area contributed by atoms with Gasteiger partial charge in [0.15, 0.2) is 5.78 Å². The second kappa shape index (κ2) is 4.65. The van der Waals surface area contributed by atoms with Gasteiger partial charge >= 0.3 is 0 Å². The standard InChI is InChI=1S/C15H20O/c1-11-6-8-13(9-7-11)12(2)10-14(16)15(3,4)5/h6-10H,1-5H3/b12-10+. The number of carbonyl (C=O) groups is 1. The average molecular weight is 216 g/mol. The van der Waals surface area contributed by atoms with E-state index in [0.29, 0.717) is 0 Å². The zero-order chi connectivity index (χ0) is 12.3. The molecule has 0 fully saturated rings. The van der Waals surface area contributed by atoms with Crippen molar-refractivity contribution < 1.29 is 4.79 Å². The fourth-order valence-electron chi connectivity index (χ4n) is 1.31. The topological polar surface area (TPSA) is 17.1 Å². The molecule has 0 saturated carbocycles. The Morgan fingerprint density at radius 1 is 1.12 bits per heavy atom. The van der Waals surface area contributed by atoms with Crippen molar-refractivity contribution in [3.63, 3.8) is 0 Å². The molecular weight excluding hydrogens is 196 g/mol. The first kappa shape index (κ1) is 12.7. The Labute approximate surface area is 98.2 Å². The number of benzene rings is 1. The molecule has 0 heterocycles. The minimum absolute atomic E-state index is 0.172. The van der Waals surface area contributed by atoms with Gasteiger partial charge in [0.2, 0.25) is 0 Å². The van der Waals surface area contributed by atoms with E-state index >= 15 is 0 Å². The Balaban J connectivity index is 2.94. The molecule has 0 N–H and O–H groups in total. The van der Waals surface area contributed by atoms with Crippen LogP contribution in [0, 0.1) is 12.3 Å². The van der Waals surface area contributed by atoms with Gasteiger partial charge in [-0.2, -0.15) is 0 Å². The molecular formula is C15H20O. The van der Waals surface area contributed by atoms with Crippen molar-refractivity contribution in [3.05, 3.63) is 41.5 Å². The predicted octanol–water partition coefficient (Wildman–Crippen LogP) is 4.01. The summed E-state index contributed by atoms with van der Waals surface area (Å²) in [6, 6.07) is 8.23. The maximum atomic E-state index is 11.8. The number of allylic oxidation sites excluding steroid dienone is 2. The monoisotopic (exact) mass is 216 g/mol. The summed E-state index contributed by atoms with van der Waals surface area (Å²) in [5, 5.41) is 0. The molecule has 0 saturated heterocycles. The maximum absolute atomic E-state index is 11.8.